The zero-order valence-electron chi connectivity index (χ0n) is 10.9. The molecule has 1 saturated heterocycles. The Morgan fingerprint density at radius 2 is 2.21 bits per heavy atom. The molecule has 1 fully saturated rings. The van der Waals surface area contributed by atoms with E-state index in [0.29, 0.717) is 5.58 Å². The van der Waals surface area contributed by atoms with Crippen molar-refractivity contribution in [1.82, 2.24) is 5.32 Å². The van der Waals surface area contributed by atoms with Gasteiger partial charge in [-0.25, -0.2) is 4.79 Å². The molecule has 3 rings (SSSR count). The minimum atomic E-state index is -0.251. The van der Waals surface area contributed by atoms with Gasteiger partial charge in [0.1, 0.15) is 5.58 Å². The van der Waals surface area contributed by atoms with Gasteiger partial charge < -0.3 is 9.73 Å². The molecule has 0 spiro atoms. The molecule has 1 N–H and O–H groups in total. The van der Waals surface area contributed by atoms with Crippen molar-refractivity contribution in [3.8, 4) is 0 Å². The fraction of sp³-hybridized carbons (Fsp3) is 0.400. The number of aryl methyl sites for hydroxylation is 1. The van der Waals surface area contributed by atoms with Crippen molar-refractivity contribution in [3.05, 3.63) is 45.8 Å². The minimum Gasteiger partial charge on any atom is -0.423 e. The van der Waals surface area contributed by atoms with Gasteiger partial charge >= 0.3 is 5.63 Å². The van der Waals surface area contributed by atoms with Gasteiger partial charge in [-0.3, -0.25) is 0 Å². The fourth-order valence-corrected chi connectivity index (χ4v) is 3.40. The van der Waals surface area contributed by atoms with Crippen LogP contribution in [-0.4, -0.2) is 18.8 Å². The first-order valence-corrected chi connectivity index (χ1v) is 7.70. The number of rotatable bonds is 4. The van der Waals surface area contributed by atoms with Gasteiger partial charge in [-0.1, -0.05) is 12.1 Å². The van der Waals surface area contributed by atoms with Crippen LogP contribution >= 0.6 is 11.8 Å². The average Bonchev–Trinajstić information content (AvgIpc) is 2.31. The molecular formula is C15H17NO2S. The van der Waals surface area contributed by atoms with E-state index in [9.17, 15) is 4.79 Å². The lowest BCUT2D eigenvalue weighted by molar-refractivity contribution is 0.385. The molecule has 0 unspecified atom stereocenters. The summed E-state index contributed by atoms with van der Waals surface area (Å²) < 4.78 is 5.27. The largest absolute Gasteiger partial charge is 0.423 e. The maximum atomic E-state index is 11.6. The Morgan fingerprint density at radius 3 is 2.95 bits per heavy atom. The van der Waals surface area contributed by atoms with E-state index in [2.05, 4.69) is 17.4 Å². The predicted octanol–water partition coefficient (Wildman–Crippen LogP) is 2.55. The number of thioether (sulfide) groups is 1. The molecule has 0 bridgehead atoms. The topological polar surface area (TPSA) is 42.2 Å². The van der Waals surface area contributed by atoms with Gasteiger partial charge in [0.15, 0.2) is 0 Å². The van der Waals surface area contributed by atoms with Gasteiger partial charge in [-0.05, 0) is 48.9 Å². The van der Waals surface area contributed by atoms with Crippen molar-refractivity contribution >= 4 is 22.7 Å². The third kappa shape index (κ3) is 2.85. The first-order valence-electron chi connectivity index (χ1n) is 6.54. The first kappa shape index (κ1) is 12.8. The lowest BCUT2D eigenvalue weighted by Crippen LogP contribution is -2.43. The molecule has 100 valence electrons. The summed E-state index contributed by atoms with van der Waals surface area (Å²) in [6.07, 6.45) is 0. The molecule has 0 aliphatic carbocycles. The van der Waals surface area contributed by atoms with Crippen LogP contribution in [0.2, 0.25) is 0 Å². The summed E-state index contributed by atoms with van der Waals surface area (Å²) in [5.41, 5.74) is 2.65. The Morgan fingerprint density at radius 1 is 1.37 bits per heavy atom. The Bertz CT molecular complexity index is 646. The van der Waals surface area contributed by atoms with Crippen molar-refractivity contribution in [2.75, 3.05) is 18.8 Å². The van der Waals surface area contributed by atoms with Crippen LogP contribution in [0.15, 0.2) is 33.5 Å². The number of hydrogen-bond donors (Lipinski definition) is 1. The second-order valence-electron chi connectivity index (χ2n) is 5.13. The summed E-state index contributed by atoms with van der Waals surface area (Å²) >= 11 is 1.90. The molecule has 1 aromatic heterocycles. The highest BCUT2D eigenvalue weighted by Crippen LogP contribution is 2.24. The van der Waals surface area contributed by atoms with E-state index < -0.39 is 0 Å². The smallest absolute Gasteiger partial charge is 0.336 e. The van der Waals surface area contributed by atoms with Crippen LogP contribution < -0.4 is 10.9 Å². The molecule has 2 heterocycles. The van der Waals surface area contributed by atoms with Gasteiger partial charge in [0.2, 0.25) is 0 Å². The van der Waals surface area contributed by atoms with E-state index in [1.165, 1.54) is 0 Å². The van der Waals surface area contributed by atoms with Crippen molar-refractivity contribution in [2.24, 2.45) is 5.92 Å². The third-order valence-electron chi connectivity index (χ3n) is 3.46. The second-order valence-corrected chi connectivity index (χ2v) is 6.16. The summed E-state index contributed by atoms with van der Waals surface area (Å²) in [5, 5.41) is 4.34. The first-order chi connectivity index (χ1) is 9.22. The van der Waals surface area contributed by atoms with Crippen LogP contribution in [-0.2, 0) is 5.75 Å². The van der Waals surface area contributed by atoms with Gasteiger partial charge in [0.05, 0.1) is 0 Å². The number of hydrogen-bond acceptors (Lipinski definition) is 4. The normalized spacial score (nSPS) is 15.6. The van der Waals surface area contributed by atoms with Crippen LogP contribution in [0, 0.1) is 12.8 Å². The highest BCUT2D eigenvalue weighted by Gasteiger charge is 2.16. The predicted molar refractivity (Wildman–Crippen MR) is 79.7 cm³/mol. The summed E-state index contributed by atoms with van der Waals surface area (Å²) in [6, 6.07) is 7.67. The zero-order valence-corrected chi connectivity index (χ0v) is 11.8. The van der Waals surface area contributed by atoms with Gasteiger partial charge in [-0.15, -0.1) is 0 Å². The van der Waals surface area contributed by atoms with Crippen molar-refractivity contribution in [1.29, 1.82) is 0 Å². The lowest BCUT2D eigenvalue weighted by atomic mass is 10.1. The van der Waals surface area contributed by atoms with Crippen molar-refractivity contribution in [3.63, 3.8) is 0 Å². The van der Waals surface area contributed by atoms with Gasteiger partial charge in [-0.2, -0.15) is 11.8 Å². The molecule has 1 aliphatic heterocycles. The molecule has 19 heavy (non-hydrogen) atoms. The molecular weight excluding hydrogens is 258 g/mol. The Hall–Kier alpha value is -1.26. The monoisotopic (exact) mass is 275 g/mol. The molecule has 0 saturated carbocycles. The van der Waals surface area contributed by atoms with E-state index >= 15 is 0 Å². The van der Waals surface area contributed by atoms with E-state index in [-0.39, 0.29) is 5.63 Å². The summed E-state index contributed by atoms with van der Waals surface area (Å²) in [4.78, 5) is 11.6. The molecule has 0 radical (unpaired) electrons. The van der Waals surface area contributed by atoms with E-state index in [1.807, 2.05) is 24.8 Å². The quantitative estimate of drug-likeness (QED) is 0.871. The highest BCUT2D eigenvalue weighted by molar-refractivity contribution is 7.98. The molecule has 4 heteroatoms. The Balaban J connectivity index is 1.82. The average molecular weight is 275 g/mol. The van der Waals surface area contributed by atoms with Crippen molar-refractivity contribution < 1.29 is 4.42 Å². The molecule has 1 aromatic carbocycles. The lowest BCUT2D eigenvalue weighted by Gasteiger charge is -2.26. The third-order valence-corrected chi connectivity index (χ3v) is 4.69. The van der Waals surface area contributed by atoms with Crippen LogP contribution in [0.4, 0.5) is 0 Å². The summed E-state index contributed by atoms with van der Waals surface area (Å²) in [5.74, 6) is 2.82. The molecule has 0 amide bonds. The molecule has 2 aromatic rings. The Kier molecular flexibility index (Phi) is 3.62. The molecule has 1 aliphatic rings. The SMILES string of the molecule is Cc1ccc2c(CSCC3CNC3)cc(=O)oc2c1. The van der Waals surface area contributed by atoms with Crippen LogP contribution in [0.25, 0.3) is 11.0 Å². The van der Waals surface area contributed by atoms with E-state index in [1.54, 1.807) is 6.07 Å². The van der Waals surface area contributed by atoms with Gasteiger partial charge in [0, 0.05) is 17.2 Å². The van der Waals surface area contributed by atoms with Crippen LogP contribution in [0.3, 0.4) is 0 Å². The summed E-state index contributed by atoms with van der Waals surface area (Å²) in [7, 11) is 0. The minimum absolute atomic E-state index is 0.251. The van der Waals surface area contributed by atoms with Gasteiger partial charge in [0.25, 0.3) is 0 Å². The standard InChI is InChI=1S/C15H17NO2S/c1-10-2-3-13-12(5-15(17)18-14(13)4-10)9-19-8-11-6-16-7-11/h2-5,11,16H,6-9H2,1H3. The number of nitrogens with one attached hydrogen (secondary N) is 1. The molecule has 0 atom stereocenters. The maximum absolute atomic E-state index is 11.6. The number of benzene rings is 1. The summed E-state index contributed by atoms with van der Waals surface area (Å²) in [6.45, 7) is 4.26. The number of fused-ring (bicyclic) bond motifs is 1. The fourth-order valence-electron chi connectivity index (χ4n) is 2.26. The second kappa shape index (κ2) is 5.39. The van der Waals surface area contributed by atoms with Crippen molar-refractivity contribution in [2.45, 2.75) is 12.7 Å². The molecule has 3 nitrogen and oxygen atoms in total. The van der Waals surface area contributed by atoms with Crippen LogP contribution in [0.5, 0.6) is 0 Å². The van der Waals surface area contributed by atoms with E-state index in [0.717, 1.165) is 47.0 Å². The zero-order chi connectivity index (χ0) is 13.2. The van der Waals surface area contributed by atoms with Crippen LogP contribution in [0.1, 0.15) is 11.1 Å². The maximum Gasteiger partial charge on any atom is 0.336 e. The van der Waals surface area contributed by atoms with E-state index in [4.69, 9.17) is 4.42 Å². The Labute approximate surface area is 116 Å². The highest BCUT2D eigenvalue weighted by atomic mass is 32.2.